The second-order valence-electron chi connectivity index (χ2n) is 4.40. The van der Waals surface area contributed by atoms with Gasteiger partial charge in [-0.05, 0) is 45.8 Å². The number of nitrogens with one attached hydrogen (secondary N) is 1. The summed E-state index contributed by atoms with van der Waals surface area (Å²) in [5, 5.41) is 2.77. The van der Waals surface area contributed by atoms with Gasteiger partial charge in [-0.2, -0.15) is 0 Å². The molecular weight excluding hydrogens is 354 g/mol. The molecule has 0 atom stereocenters. The Morgan fingerprint density at radius 1 is 1.29 bits per heavy atom. The molecule has 2 aromatic heterocycles. The highest BCUT2D eigenvalue weighted by Gasteiger charge is 2.16. The van der Waals surface area contributed by atoms with Crippen molar-refractivity contribution in [1.29, 1.82) is 0 Å². The Balaban J connectivity index is 1.83. The molecule has 2 aromatic rings. The zero-order valence-corrected chi connectivity index (χ0v) is 13.8. The fourth-order valence-corrected chi connectivity index (χ4v) is 3.04. The van der Waals surface area contributed by atoms with Crippen LogP contribution in [0.15, 0.2) is 40.4 Å². The summed E-state index contributed by atoms with van der Waals surface area (Å²) in [7, 11) is 1.61. The molecule has 0 bridgehead atoms. The molecule has 21 heavy (non-hydrogen) atoms. The lowest BCUT2D eigenvalue weighted by atomic mass is 10.3. The summed E-state index contributed by atoms with van der Waals surface area (Å²) in [4.78, 5) is 29.9. The van der Waals surface area contributed by atoms with Crippen molar-refractivity contribution < 1.29 is 9.59 Å². The van der Waals surface area contributed by atoms with E-state index in [4.69, 9.17) is 0 Å². The van der Waals surface area contributed by atoms with Crippen LogP contribution in [-0.2, 0) is 11.3 Å². The van der Waals surface area contributed by atoms with E-state index in [1.54, 1.807) is 25.5 Å². The molecule has 0 aliphatic heterocycles. The molecule has 2 amide bonds. The molecule has 0 radical (unpaired) electrons. The first-order chi connectivity index (χ1) is 10.1. The van der Waals surface area contributed by atoms with Crippen molar-refractivity contribution in [3.8, 4) is 0 Å². The maximum Gasteiger partial charge on any atom is 0.264 e. The van der Waals surface area contributed by atoms with E-state index in [0.29, 0.717) is 11.4 Å². The quantitative estimate of drug-likeness (QED) is 0.881. The van der Waals surface area contributed by atoms with Gasteiger partial charge in [0, 0.05) is 26.0 Å². The second kappa shape index (κ2) is 7.33. The van der Waals surface area contributed by atoms with Crippen LogP contribution >= 0.6 is 27.3 Å². The van der Waals surface area contributed by atoms with Crippen LogP contribution in [0.5, 0.6) is 0 Å². The van der Waals surface area contributed by atoms with Crippen molar-refractivity contribution in [2.24, 2.45) is 0 Å². The lowest BCUT2D eigenvalue weighted by Crippen LogP contribution is -2.37. The van der Waals surface area contributed by atoms with Crippen molar-refractivity contribution >= 4 is 39.1 Å². The summed E-state index contributed by atoms with van der Waals surface area (Å²) in [5.41, 5.74) is 0.967. The van der Waals surface area contributed by atoms with Crippen LogP contribution in [0.25, 0.3) is 0 Å². The topological polar surface area (TPSA) is 62.3 Å². The Labute approximate surface area is 135 Å². The van der Waals surface area contributed by atoms with E-state index in [0.717, 1.165) is 9.35 Å². The highest BCUT2D eigenvalue weighted by atomic mass is 79.9. The Kier molecular flexibility index (Phi) is 5.46. The molecule has 2 rings (SSSR count). The highest BCUT2D eigenvalue weighted by Crippen LogP contribution is 2.22. The van der Waals surface area contributed by atoms with Gasteiger partial charge in [-0.15, -0.1) is 11.3 Å². The maximum absolute atomic E-state index is 12.1. The smallest absolute Gasteiger partial charge is 0.264 e. The molecule has 0 aliphatic rings. The molecule has 0 aliphatic carbocycles. The van der Waals surface area contributed by atoms with Crippen molar-refractivity contribution in [3.63, 3.8) is 0 Å². The predicted molar refractivity (Wildman–Crippen MR) is 85.1 cm³/mol. The molecule has 5 nitrogen and oxygen atoms in total. The maximum atomic E-state index is 12.1. The second-order valence-corrected chi connectivity index (χ2v) is 6.86. The van der Waals surface area contributed by atoms with Gasteiger partial charge in [0.05, 0.1) is 15.2 Å². The molecule has 0 spiro atoms. The van der Waals surface area contributed by atoms with Crippen molar-refractivity contribution in [3.05, 3.63) is 50.9 Å². The summed E-state index contributed by atoms with van der Waals surface area (Å²) >= 11 is 4.66. The zero-order chi connectivity index (χ0) is 15.2. The number of likely N-dealkylation sites (N-methyl/N-ethyl adjacent to an activating group) is 1. The van der Waals surface area contributed by atoms with E-state index < -0.39 is 0 Å². The van der Waals surface area contributed by atoms with Gasteiger partial charge in [0.25, 0.3) is 5.91 Å². The van der Waals surface area contributed by atoms with E-state index in [1.807, 2.05) is 18.2 Å². The predicted octanol–water partition coefficient (Wildman–Crippen LogP) is 2.29. The van der Waals surface area contributed by atoms with E-state index in [2.05, 4.69) is 26.2 Å². The monoisotopic (exact) mass is 367 g/mol. The van der Waals surface area contributed by atoms with Crippen molar-refractivity contribution in [2.45, 2.75) is 6.54 Å². The number of hydrogen-bond acceptors (Lipinski definition) is 4. The first-order valence-corrected chi connectivity index (χ1v) is 7.83. The number of thiophene rings is 1. The van der Waals surface area contributed by atoms with E-state index in [-0.39, 0.29) is 18.4 Å². The third-order valence-electron chi connectivity index (χ3n) is 2.75. The summed E-state index contributed by atoms with van der Waals surface area (Å²) in [6, 6.07) is 7.22. The first kappa shape index (κ1) is 15.7. The molecule has 0 unspecified atom stereocenters. The van der Waals surface area contributed by atoms with Gasteiger partial charge in [-0.1, -0.05) is 0 Å². The Bertz CT molecular complexity index is 630. The van der Waals surface area contributed by atoms with Crippen LogP contribution in [0.2, 0.25) is 0 Å². The molecule has 2 heterocycles. The number of carbonyl (C=O) groups is 2. The van der Waals surface area contributed by atoms with E-state index in [9.17, 15) is 9.59 Å². The number of nitrogens with zero attached hydrogens (tertiary/aromatic N) is 2. The fraction of sp³-hybridized carbons (Fsp3) is 0.214. The van der Waals surface area contributed by atoms with Gasteiger partial charge in [-0.25, -0.2) is 0 Å². The average molecular weight is 368 g/mol. The van der Waals surface area contributed by atoms with Crippen LogP contribution in [0.1, 0.15) is 15.2 Å². The average Bonchev–Trinajstić information content (AvgIpc) is 2.92. The lowest BCUT2D eigenvalue weighted by molar-refractivity contribution is -0.121. The summed E-state index contributed by atoms with van der Waals surface area (Å²) in [6.45, 7) is 0.452. The van der Waals surface area contributed by atoms with E-state index in [1.165, 1.54) is 16.2 Å². The minimum Gasteiger partial charge on any atom is -0.350 e. The molecular formula is C14H14BrN3O2S. The SMILES string of the molecule is CN(CC(=O)NCc1ccncc1)C(=O)c1ccc(Br)s1. The van der Waals surface area contributed by atoms with Gasteiger partial charge in [0.2, 0.25) is 5.91 Å². The highest BCUT2D eigenvalue weighted by molar-refractivity contribution is 9.11. The largest absolute Gasteiger partial charge is 0.350 e. The molecule has 0 saturated carbocycles. The third-order valence-corrected chi connectivity index (χ3v) is 4.36. The van der Waals surface area contributed by atoms with Crippen LogP contribution in [0.4, 0.5) is 0 Å². The Hall–Kier alpha value is -1.73. The third kappa shape index (κ3) is 4.64. The molecule has 1 N–H and O–H groups in total. The van der Waals surface area contributed by atoms with Crippen molar-refractivity contribution in [2.75, 3.05) is 13.6 Å². The molecule has 110 valence electrons. The normalized spacial score (nSPS) is 10.2. The number of halogens is 1. The van der Waals surface area contributed by atoms with Crippen LogP contribution in [-0.4, -0.2) is 35.3 Å². The molecule has 0 saturated heterocycles. The minimum absolute atomic E-state index is 0.0272. The fourth-order valence-electron chi connectivity index (χ4n) is 1.66. The van der Waals surface area contributed by atoms with Gasteiger partial charge < -0.3 is 10.2 Å². The number of hydrogen-bond donors (Lipinski definition) is 1. The van der Waals surface area contributed by atoms with E-state index >= 15 is 0 Å². The standard InChI is InChI=1S/C14H14BrN3O2S/c1-18(14(20)11-2-3-12(15)21-11)9-13(19)17-8-10-4-6-16-7-5-10/h2-7H,8-9H2,1H3,(H,17,19). The zero-order valence-electron chi connectivity index (χ0n) is 11.4. The van der Waals surface area contributed by atoms with Gasteiger partial charge in [0.1, 0.15) is 0 Å². The van der Waals surface area contributed by atoms with Gasteiger partial charge >= 0.3 is 0 Å². The number of rotatable bonds is 5. The number of amides is 2. The molecule has 0 fully saturated rings. The Morgan fingerprint density at radius 3 is 2.62 bits per heavy atom. The van der Waals surface area contributed by atoms with Gasteiger partial charge in [0.15, 0.2) is 0 Å². The number of carbonyl (C=O) groups excluding carboxylic acids is 2. The minimum atomic E-state index is -0.196. The molecule has 0 aromatic carbocycles. The Morgan fingerprint density at radius 2 is 2.00 bits per heavy atom. The lowest BCUT2D eigenvalue weighted by Gasteiger charge is -2.15. The summed E-state index contributed by atoms with van der Waals surface area (Å²) < 4.78 is 0.890. The van der Waals surface area contributed by atoms with Crippen molar-refractivity contribution in [1.82, 2.24) is 15.2 Å². The number of pyridine rings is 1. The summed E-state index contributed by atoms with van der Waals surface area (Å²) in [6.07, 6.45) is 3.34. The number of aromatic nitrogens is 1. The van der Waals surface area contributed by atoms with Crippen LogP contribution in [0.3, 0.4) is 0 Å². The van der Waals surface area contributed by atoms with Gasteiger partial charge in [-0.3, -0.25) is 14.6 Å². The summed E-state index contributed by atoms with van der Waals surface area (Å²) in [5.74, 6) is -0.358. The van der Waals surface area contributed by atoms with Crippen LogP contribution in [0, 0.1) is 0 Å². The van der Waals surface area contributed by atoms with Crippen LogP contribution < -0.4 is 5.32 Å². The molecule has 7 heteroatoms. The first-order valence-electron chi connectivity index (χ1n) is 6.22.